The molecule has 8 heteroatoms. The van der Waals surface area contributed by atoms with E-state index in [2.05, 4.69) is 10.3 Å². The van der Waals surface area contributed by atoms with E-state index in [0.29, 0.717) is 17.9 Å². The van der Waals surface area contributed by atoms with Gasteiger partial charge in [0.05, 0.1) is 13.7 Å². The lowest BCUT2D eigenvalue weighted by Crippen LogP contribution is -2.34. The van der Waals surface area contributed by atoms with Gasteiger partial charge in [0, 0.05) is 24.5 Å². The van der Waals surface area contributed by atoms with Gasteiger partial charge in [0.2, 0.25) is 0 Å². The molecule has 0 bridgehead atoms. The first kappa shape index (κ1) is 23.8. The number of carbonyl (C=O) groups excluding carboxylic acids is 2. The van der Waals surface area contributed by atoms with Gasteiger partial charge in [-0.05, 0) is 73.9 Å². The average Bonchev–Trinajstić information content (AvgIpc) is 3.09. The fourth-order valence-corrected chi connectivity index (χ4v) is 3.51. The zero-order valence-corrected chi connectivity index (χ0v) is 19.2. The van der Waals surface area contributed by atoms with Crippen molar-refractivity contribution in [3.05, 3.63) is 82.4 Å². The number of hydrogen-bond acceptors (Lipinski definition) is 4. The summed E-state index contributed by atoms with van der Waals surface area (Å²) in [5.74, 6) is -0.0903. The summed E-state index contributed by atoms with van der Waals surface area (Å²) in [5.41, 5.74) is 4.12. The molecule has 0 spiro atoms. The third-order valence-electron chi connectivity index (χ3n) is 5.34. The highest BCUT2D eigenvalue weighted by molar-refractivity contribution is 5.91. The molecule has 0 fully saturated rings. The van der Waals surface area contributed by atoms with Crippen LogP contribution in [0.1, 0.15) is 39.8 Å². The van der Waals surface area contributed by atoms with Gasteiger partial charge < -0.3 is 24.7 Å². The topological polar surface area (TPSA) is 83.7 Å². The Hall–Kier alpha value is -3.81. The van der Waals surface area contributed by atoms with Gasteiger partial charge in [0.15, 0.2) is 0 Å². The van der Waals surface area contributed by atoms with Gasteiger partial charge in [-0.1, -0.05) is 12.1 Å². The lowest BCUT2D eigenvalue weighted by Gasteiger charge is -2.24. The molecule has 0 saturated carbocycles. The minimum atomic E-state index is -0.429. The molecular weight excluding hydrogens is 425 g/mol. The number of aromatic nitrogens is 1. The summed E-state index contributed by atoms with van der Waals surface area (Å²) in [4.78, 5) is 30.2. The van der Waals surface area contributed by atoms with Gasteiger partial charge >= 0.3 is 12.0 Å². The van der Waals surface area contributed by atoms with E-state index < -0.39 is 5.97 Å². The Balaban J connectivity index is 1.88. The lowest BCUT2D eigenvalue weighted by atomic mass is 10.1. The number of amides is 2. The summed E-state index contributed by atoms with van der Waals surface area (Å²) in [6.07, 6.45) is 0. The summed E-state index contributed by atoms with van der Waals surface area (Å²) in [5, 5.41) is 2.81. The molecule has 0 saturated heterocycles. The van der Waals surface area contributed by atoms with E-state index in [0.717, 1.165) is 28.1 Å². The molecule has 174 valence electrons. The number of H-pyrrole nitrogens is 1. The van der Waals surface area contributed by atoms with Crippen LogP contribution in [0.2, 0.25) is 0 Å². The third-order valence-corrected chi connectivity index (χ3v) is 5.34. The van der Waals surface area contributed by atoms with Crippen LogP contribution >= 0.6 is 0 Å². The summed E-state index contributed by atoms with van der Waals surface area (Å²) in [6, 6.07) is 12.7. The number of methoxy groups -OCH3 is 1. The fraction of sp³-hybridized carbons (Fsp3) is 0.280. The Kier molecular flexibility index (Phi) is 7.71. The summed E-state index contributed by atoms with van der Waals surface area (Å²) in [7, 11) is 1.59. The quantitative estimate of drug-likeness (QED) is 0.460. The number of benzene rings is 2. The number of halogens is 1. The molecule has 33 heavy (non-hydrogen) atoms. The highest BCUT2D eigenvalue weighted by atomic mass is 19.1. The maximum absolute atomic E-state index is 13.3. The monoisotopic (exact) mass is 453 g/mol. The summed E-state index contributed by atoms with van der Waals surface area (Å²) < 4.78 is 23.6. The van der Waals surface area contributed by atoms with E-state index in [-0.39, 0.29) is 25.0 Å². The van der Waals surface area contributed by atoms with Crippen molar-refractivity contribution in [2.75, 3.05) is 19.0 Å². The van der Waals surface area contributed by atoms with Crippen LogP contribution in [-0.4, -0.2) is 35.6 Å². The number of aryl methyl sites for hydroxylation is 1. The molecule has 3 aromatic rings. The molecule has 2 amide bonds. The van der Waals surface area contributed by atoms with Crippen LogP contribution in [-0.2, 0) is 17.8 Å². The lowest BCUT2D eigenvalue weighted by molar-refractivity contribution is 0.0519. The van der Waals surface area contributed by atoms with Crippen LogP contribution in [0.15, 0.2) is 48.5 Å². The van der Waals surface area contributed by atoms with Gasteiger partial charge in [-0.2, -0.15) is 0 Å². The highest BCUT2D eigenvalue weighted by Crippen LogP contribution is 2.23. The van der Waals surface area contributed by atoms with Gasteiger partial charge in [0.25, 0.3) is 0 Å². The van der Waals surface area contributed by atoms with Crippen LogP contribution < -0.4 is 10.1 Å². The van der Waals surface area contributed by atoms with E-state index in [4.69, 9.17) is 9.47 Å². The van der Waals surface area contributed by atoms with Gasteiger partial charge in [-0.3, -0.25) is 0 Å². The Labute approximate surface area is 192 Å². The maximum atomic E-state index is 13.3. The molecule has 0 radical (unpaired) electrons. The van der Waals surface area contributed by atoms with Crippen LogP contribution in [0.4, 0.5) is 14.9 Å². The molecule has 0 unspecified atom stereocenters. The Morgan fingerprint density at radius 3 is 2.30 bits per heavy atom. The molecule has 0 atom stereocenters. The van der Waals surface area contributed by atoms with E-state index in [1.807, 2.05) is 38.1 Å². The van der Waals surface area contributed by atoms with Crippen molar-refractivity contribution in [3.8, 4) is 5.75 Å². The number of urea groups is 1. The first-order chi connectivity index (χ1) is 15.8. The van der Waals surface area contributed by atoms with Crippen molar-refractivity contribution >= 4 is 17.7 Å². The van der Waals surface area contributed by atoms with E-state index in [1.165, 1.54) is 24.3 Å². The number of carbonyl (C=O) groups is 2. The van der Waals surface area contributed by atoms with Crippen molar-refractivity contribution < 1.29 is 23.5 Å². The normalized spacial score (nSPS) is 10.6. The van der Waals surface area contributed by atoms with Crippen LogP contribution in [0, 0.1) is 19.7 Å². The van der Waals surface area contributed by atoms with Gasteiger partial charge in [-0.25, -0.2) is 14.0 Å². The van der Waals surface area contributed by atoms with Crippen LogP contribution in [0.3, 0.4) is 0 Å². The number of rotatable bonds is 8. The van der Waals surface area contributed by atoms with E-state index in [9.17, 15) is 14.0 Å². The first-order valence-corrected chi connectivity index (χ1v) is 10.6. The van der Waals surface area contributed by atoms with Crippen molar-refractivity contribution in [2.45, 2.75) is 33.9 Å². The second kappa shape index (κ2) is 10.7. The number of nitrogens with zero attached hydrogens (tertiary/aromatic N) is 1. The average molecular weight is 454 g/mol. The molecule has 2 N–H and O–H groups in total. The second-order valence-electron chi connectivity index (χ2n) is 7.59. The predicted molar refractivity (Wildman–Crippen MR) is 124 cm³/mol. The van der Waals surface area contributed by atoms with Gasteiger partial charge in [0.1, 0.15) is 17.3 Å². The number of hydrogen-bond donors (Lipinski definition) is 2. The molecule has 1 heterocycles. The molecule has 7 nitrogen and oxygen atoms in total. The molecule has 0 aliphatic rings. The molecule has 3 rings (SSSR count). The highest BCUT2D eigenvalue weighted by Gasteiger charge is 2.22. The van der Waals surface area contributed by atoms with Crippen molar-refractivity contribution in [2.24, 2.45) is 0 Å². The Morgan fingerprint density at radius 1 is 1.03 bits per heavy atom. The second-order valence-corrected chi connectivity index (χ2v) is 7.59. The number of aromatic amines is 1. The minimum absolute atomic E-state index is 0.257. The third kappa shape index (κ3) is 5.91. The van der Waals surface area contributed by atoms with Crippen LogP contribution in [0.25, 0.3) is 0 Å². The first-order valence-electron chi connectivity index (χ1n) is 10.6. The molecule has 2 aromatic carbocycles. The molecule has 1 aromatic heterocycles. The molecular formula is C25H28FN3O4. The van der Waals surface area contributed by atoms with Crippen molar-refractivity contribution in [1.29, 1.82) is 0 Å². The predicted octanol–water partition coefficient (Wildman–Crippen LogP) is 5.19. The summed E-state index contributed by atoms with van der Waals surface area (Å²) in [6.45, 7) is 6.28. The molecule has 0 aliphatic heterocycles. The Bertz CT molecular complexity index is 1110. The zero-order valence-electron chi connectivity index (χ0n) is 19.2. The Morgan fingerprint density at radius 2 is 1.70 bits per heavy atom. The van der Waals surface area contributed by atoms with Crippen molar-refractivity contribution in [1.82, 2.24) is 9.88 Å². The smallest absolute Gasteiger partial charge is 0.355 e. The molecule has 0 aliphatic carbocycles. The maximum Gasteiger partial charge on any atom is 0.355 e. The van der Waals surface area contributed by atoms with Gasteiger partial charge in [-0.15, -0.1) is 0 Å². The van der Waals surface area contributed by atoms with E-state index in [1.54, 1.807) is 18.9 Å². The number of nitrogens with one attached hydrogen (secondary N) is 2. The number of esters is 1. The fourth-order valence-electron chi connectivity index (χ4n) is 3.51. The minimum Gasteiger partial charge on any atom is -0.497 e. The largest absolute Gasteiger partial charge is 0.497 e. The standard InChI is InChI=1S/C25H28FN3O4/c1-5-33-24(30)23-16(2)22(17(3)27-23)15-29(14-18-6-12-21(32-4)13-7-18)25(31)28-20-10-8-19(26)9-11-20/h6-13,27H,5,14-15H2,1-4H3,(H,28,31). The van der Waals surface area contributed by atoms with E-state index >= 15 is 0 Å². The van der Waals surface area contributed by atoms with Crippen LogP contribution in [0.5, 0.6) is 5.75 Å². The SMILES string of the molecule is CCOC(=O)c1[nH]c(C)c(CN(Cc2ccc(OC)cc2)C(=O)Nc2ccc(F)cc2)c1C. The summed E-state index contributed by atoms with van der Waals surface area (Å²) >= 11 is 0. The number of anilines is 1. The van der Waals surface area contributed by atoms with Crippen molar-refractivity contribution in [3.63, 3.8) is 0 Å². The zero-order chi connectivity index (χ0) is 24.0. The number of ether oxygens (including phenoxy) is 2.